The molecule has 2 aromatic rings. The molecule has 0 bridgehead atoms. The topological polar surface area (TPSA) is 135 Å². The number of carbonyl (C=O) groups is 5. The van der Waals surface area contributed by atoms with Gasteiger partial charge >= 0.3 is 11.9 Å². The number of methoxy groups -OCH3 is 1. The number of rotatable bonds is 18. The molecule has 13 heteroatoms. The minimum atomic E-state index is -0.829. The first-order chi connectivity index (χ1) is 25.1. The molecular formula is C40H57FN4O7S. The molecule has 53 heavy (non-hydrogen) atoms. The van der Waals surface area contributed by atoms with Crippen LogP contribution in [0, 0.1) is 30.0 Å². The third-order valence-corrected chi connectivity index (χ3v) is 11.7. The van der Waals surface area contributed by atoms with Gasteiger partial charge in [0.15, 0.2) is 11.9 Å². The second kappa shape index (κ2) is 18.6. The van der Waals surface area contributed by atoms with Crippen molar-refractivity contribution in [2.24, 2.45) is 17.3 Å². The van der Waals surface area contributed by atoms with Gasteiger partial charge < -0.3 is 19.7 Å². The van der Waals surface area contributed by atoms with E-state index in [1.165, 1.54) is 37.5 Å². The van der Waals surface area contributed by atoms with Crippen LogP contribution >= 0.6 is 11.3 Å². The zero-order valence-corrected chi connectivity index (χ0v) is 33.4. The molecular weight excluding hydrogens is 700 g/mol. The summed E-state index contributed by atoms with van der Waals surface area (Å²) < 4.78 is 24.9. The van der Waals surface area contributed by atoms with Crippen molar-refractivity contribution in [3.63, 3.8) is 0 Å². The molecule has 1 saturated heterocycles. The molecule has 11 nitrogen and oxygen atoms in total. The van der Waals surface area contributed by atoms with Crippen LogP contribution < -0.4 is 5.32 Å². The number of nitrogens with zero attached hydrogens (tertiary/aromatic N) is 3. The standard InChI is InChI=1S/C40H57FN4O7S/c1-9-45-15-11-10-12-32(45)34(47)22-40(13-14-40)39(50)44(7)33(24(2)3)21-35(52-27(6)46)37-43-31(23-53-37)36(48)42-30(18-26(5)38(49)51-8)20-28-16-25(4)17-29(41)19-28/h16-17,19,23-24,26,30,32-33,35H,9-15,18,20-22H2,1-8H3,(H,42,48)/t26-,30+,32+,33+,35+/m0/s1. The van der Waals surface area contributed by atoms with Gasteiger partial charge in [-0.15, -0.1) is 11.3 Å². The second-order valence-corrected chi connectivity index (χ2v) is 16.3. The Hall–Kier alpha value is -3.71. The number of benzene rings is 1. The number of likely N-dealkylation sites (tertiary alicyclic amines) is 1. The third-order valence-electron chi connectivity index (χ3n) is 10.8. The molecule has 0 radical (unpaired) electrons. The zero-order valence-electron chi connectivity index (χ0n) is 32.5. The number of piperidine rings is 1. The van der Waals surface area contributed by atoms with Crippen LogP contribution in [-0.2, 0) is 35.1 Å². The molecule has 1 aliphatic carbocycles. The lowest BCUT2D eigenvalue weighted by atomic mass is 9.88. The molecule has 292 valence electrons. The summed E-state index contributed by atoms with van der Waals surface area (Å²) in [4.78, 5) is 74.4. The maximum atomic E-state index is 14.2. The predicted molar refractivity (Wildman–Crippen MR) is 201 cm³/mol. The Morgan fingerprint density at radius 2 is 1.83 bits per heavy atom. The van der Waals surface area contributed by atoms with Crippen molar-refractivity contribution in [1.29, 1.82) is 0 Å². The van der Waals surface area contributed by atoms with Crippen LogP contribution in [0.1, 0.15) is 119 Å². The normalized spacial score (nSPS) is 19.1. The average Bonchev–Trinajstić information content (AvgIpc) is 3.71. The fourth-order valence-electron chi connectivity index (χ4n) is 7.75. The lowest BCUT2D eigenvalue weighted by molar-refractivity contribution is -0.149. The molecule has 1 N–H and O–H groups in total. The Kier molecular flexibility index (Phi) is 14.7. The van der Waals surface area contributed by atoms with Crippen LogP contribution in [0.2, 0.25) is 0 Å². The van der Waals surface area contributed by atoms with Gasteiger partial charge in [0, 0.05) is 44.3 Å². The van der Waals surface area contributed by atoms with Crippen LogP contribution in [-0.4, -0.2) is 89.7 Å². The number of esters is 2. The Bertz CT molecular complexity index is 1610. The lowest BCUT2D eigenvalue weighted by Gasteiger charge is -2.37. The van der Waals surface area contributed by atoms with Crippen molar-refractivity contribution in [1.82, 2.24) is 20.1 Å². The molecule has 0 unspecified atom stereocenters. The van der Waals surface area contributed by atoms with Crippen molar-refractivity contribution in [3.05, 3.63) is 51.2 Å². The van der Waals surface area contributed by atoms with E-state index in [9.17, 15) is 28.4 Å². The van der Waals surface area contributed by atoms with Crippen molar-refractivity contribution in [2.45, 2.75) is 124 Å². The van der Waals surface area contributed by atoms with E-state index in [-0.39, 0.29) is 66.9 Å². The molecule has 4 rings (SSSR count). The first-order valence-electron chi connectivity index (χ1n) is 18.9. The van der Waals surface area contributed by atoms with E-state index in [4.69, 9.17) is 9.47 Å². The summed E-state index contributed by atoms with van der Waals surface area (Å²) in [5.41, 5.74) is 0.817. The monoisotopic (exact) mass is 756 g/mol. The first kappa shape index (κ1) is 42.0. The van der Waals surface area contributed by atoms with Gasteiger partial charge in [-0.2, -0.15) is 0 Å². The number of amides is 2. The Labute approximate surface area is 317 Å². The number of thiazole rings is 1. The Balaban J connectivity index is 1.49. The van der Waals surface area contributed by atoms with Gasteiger partial charge in [-0.3, -0.25) is 28.9 Å². The molecule has 2 aliphatic rings. The minimum absolute atomic E-state index is 0.0193. The van der Waals surface area contributed by atoms with Crippen LogP contribution in [0.15, 0.2) is 23.6 Å². The maximum absolute atomic E-state index is 14.2. The number of Topliss-reactive ketones (excluding diaryl/α,β-unsaturated/α-hetero) is 1. The summed E-state index contributed by atoms with van der Waals surface area (Å²) in [7, 11) is 3.07. The summed E-state index contributed by atoms with van der Waals surface area (Å²) in [6.07, 6.45) is 4.46. The number of carbonyl (C=O) groups excluding carboxylic acids is 5. The summed E-state index contributed by atoms with van der Waals surface area (Å²) in [5, 5.41) is 4.96. The Morgan fingerprint density at radius 1 is 1.11 bits per heavy atom. The van der Waals surface area contributed by atoms with Gasteiger partial charge in [-0.25, -0.2) is 9.37 Å². The first-order valence-corrected chi connectivity index (χ1v) is 19.8. The highest BCUT2D eigenvalue weighted by Crippen LogP contribution is 2.51. The molecule has 1 aliphatic heterocycles. The third kappa shape index (κ3) is 11.2. The van der Waals surface area contributed by atoms with Gasteiger partial charge in [0.1, 0.15) is 16.5 Å². The number of aryl methyl sites for hydroxylation is 1. The number of likely N-dealkylation sites (N-methyl/N-ethyl adjacent to an activating group) is 1. The van der Waals surface area contributed by atoms with Crippen LogP contribution in [0.4, 0.5) is 4.39 Å². The summed E-state index contributed by atoms with van der Waals surface area (Å²) in [6.45, 7) is 12.6. The largest absolute Gasteiger partial charge is 0.469 e. The van der Waals surface area contributed by atoms with Crippen molar-refractivity contribution in [3.8, 4) is 0 Å². The molecule has 2 amide bonds. The van der Waals surface area contributed by atoms with E-state index in [1.54, 1.807) is 31.2 Å². The minimum Gasteiger partial charge on any atom is -0.469 e. The van der Waals surface area contributed by atoms with Gasteiger partial charge in [0.2, 0.25) is 5.91 Å². The number of ether oxygens (including phenoxy) is 2. The summed E-state index contributed by atoms with van der Waals surface area (Å²) in [6, 6.07) is 3.65. The number of ketones is 1. The fourth-order valence-corrected chi connectivity index (χ4v) is 8.59. The van der Waals surface area contributed by atoms with Crippen molar-refractivity contribution in [2.75, 3.05) is 27.2 Å². The van der Waals surface area contributed by atoms with E-state index in [0.717, 1.165) is 37.9 Å². The number of nitrogens with one attached hydrogen (secondary N) is 1. The van der Waals surface area contributed by atoms with Gasteiger partial charge in [-0.1, -0.05) is 40.2 Å². The molecule has 2 heterocycles. The zero-order chi connectivity index (χ0) is 39.0. The molecule has 0 spiro atoms. The van der Waals surface area contributed by atoms with Gasteiger partial charge in [-0.05, 0) is 87.7 Å². The van der Waals surface area contributed by atoms with E-state index in [2.05, 4.69) is 22.1 Å². The molecule has 5 atom stereocenters. The van der Waals surface area contributed by atoms with Crippen LogP contribution in [0.5, 0.6) is 0 Å². The van der Waals surface area contributed by atoms with Gasteiger partial charge in [0.25, 0.3) is 5.91 Å². The molecule has 2 fully saturated rings. The Morgan fingerprint density at radius 3 is 2.43 bits per heavy atom. The maximum Gasteiger partial charge on any atom is 0.308 e. The highest BCUT2D eigenvalue weighted by atomic mass is 32.1. The quantitative estimate of drug-likeness (QED) is 0.176. The van der Waals surface area contributed by atoms with E-state index in [1.807, 2.05) is 19.9 Å². The second-order valence-electron chi connectivity index (χ2n) is 15.4. The van der Waals surface area contributed by atoms with E-state index >= 15 is 0 Å². The predicted octanol–water partition coefficient (Wildman–Crippen LogP) is 6.22. The smallest absolute Gasteiger partial charge is 0.308 e. The number of hydrogen-bond donors (Lipinski definition) is 1. The molecule has 1 aromatic carbocycles. The highest BCUT2D eigenvalue weighted by molar-refractivity contribution is 7.09. The number of halogens is 1. The molecule has 1 saturated carbocycles. The lowest BCUT2D eigenvalue weighted by Crippen LogP contribution is -2.48. The van der Waals surface area contributed by atoms with Crippen molar-refractivity contribution < 1.29 is 37.8 Å². The SMILES string of the molecule is CCN1CCCC[C@@H]1C(=O)CC1(C(=O)N(C)[C@H](C[C@@H](OC(C)=O)c2nc(C(=O)N[C@@H](Cc3cc(C)cc(F)c3)C[C@H](C)C(=O)OC)cs2)C(C)C)CC1. The van der Waals surface area contributed by atoms with Crippen LogP contribution in [0.3, 0.4) is 0 Å². The average molecular weight is 757 g/mol. The van der Waals surface area contributed by atoms with Gasteiger partial charge in [0.05, 0.1) is 24.5 Å². The van der Waals surface area contributed by atoms with Crippen LogP contribution in [0.25, 0.3) is 0 Å². The highest BCUT2D eigenvalue weighted by Gasteiger charge is 2.54. The fraction of sp³-hybridized carbons (Fsp3) is 0.650. The number of aromatic nitrogens is 1. The van der Waals surface area contributed by atoms with Crippen molar-refractivity contribution >= 4 is 40.9 Å². The van der Waals surface area contributed by atoms with E-state index < -0.39 is 41.3 Å². The number of hydrogen-bond acceptors (Lipinski definition) is 10. The summed E-state index contributed by atoms with van der Waals surface area (Å²) >= 11 is 1.18. The van der Waals surface area contributed by atoms with E-state index in [0.29, 0.717) is 23.4 Å². The summed E-state index contributed by atoms with van der Waals surface area (Å²) in [5.74, 6) is -2.29. The molecule has 1 aromatic heterocycles.